The molecule has 19 N–H and O–H groups in total. The van der Waals surface area contributed by atoms with Crippen molar-refractivity contribution >= 4 is 122 Å². The van der Waals surface area contributed by atoms with Crippen LogP contribution in [0.4, 0.5) is 17.8 Å². The number of hydrogen-bond donors (Lipinski definition) is 16. The van der Waals surface area contributed by atoms with E-state index >= 15 is 0 Å². The number of fused-ring (bicyclic) bond motifs is 3. The third-order valence-electron chi connectivity index (χ3n) is 18.7. The Kier molecular flexibility index (Phi) is 44.9. The molecule has 130 heavy (non-hydrogen) atoms. The number of amides is 8. The fraction of sp³-hybridized carbons (Fsp3) is 0.464. The Morgan fingerprint density at radius 3 is 1.02 bits per heavy atom. The number of anilines is 3. The molecule has 0 aliphatic heterocycles. The summed E-state index contributed by atoms with van der Waals surface area (Å²) in [5, 5.41) is 39.3. The number of nitrogen functional groups attached to an aromatic ring is 3. The maximum absolute atomic E-state index is 12.8. The summed E-state index contributed by atoms with van der Waals surface area (Å²) in [5.41, 5.74) is 25.4. The van der Waals surface area contributed by atoms with Crippen molar-refractivity contribution < 1.29 is 110 Å². The molecular formula is C84H111N23O23. The molecule has 6 heterocycles. The van der Waals surface area contributed by atoms with Gasteiger partial charge in [-0.05, 0) is 65.5 Å². The zero-order valence-corrected chi connectivity index (χ0v) is 71.8. The minimum absolute atomic E-state index is 0.0533. The number of unbranched alkanes of at least 4 members (excludes halogenated alkanes) is 1. The second-order valence-corrected chi connectivity index (χ2v) is 29.0. The normalized spacial score (nSPS) is 11.2. The lowest BCUT2D eigenvalue weighted by Gasteiger charge is -2.16. The average molecular weight is 1810 g/mol. The fourth-order valence-electron chi connectivity index (χ4n) is 11.9. The number of carbonyl (C=O) groups is 12. The topological polar surface area (TPSA) is 666 Å². The Hall–Kier alpha value is -14.1. The van der Waals surface area contributed by atoms with Crippen molar-refractivity contribution in [2.45, 2.75) is 136 Å². The molecule has 0 bridgehead atoms. The van der Waals surface area contributed by atoms with E-state index in [1.165, 1.54) is 19.0 Å². The number of Topliss-reactive ketones (excluding diaryl/α,β-unsaturated/α-hetero) is 2. The SMILES string of the molecule is Nc1nc(OCc2ccc(CNC(=O)CCCC(=O)NCCOCCOCC(=O)CC(CCCCNC(=O)COCCOCCNC(=O)CCCC(=O)NCc3ccc(COc4nc(N)nc5nc[nH]c45)cc3)C(=O)NCC(=O)O)cc2)c2[nH]cnc2n1.Nc1nc(OCc2ccc(CNC(=O)CCCC(=O)NCCOCCOCC(=O)CCC(=O)O)cc2)c2[nH]cnc2n1. The largest absolute Gasteiger partial charge is 0.481 e. The molecule has 6 aromatic heterocycles. The van der Waals surface area contributed by atoms with Gasteiger partial charge < -0.3 is 128 Å². The van der Waals surface area contributed by atoms with Crippen molar-refractivity contribution in [3.05, 3.63) is 125 Å². The monoisotopic (exact) mass is 1810 g/mol. The minimum atomic E-state index is -1.23. The average Bonchev–Trinajstić information content (AvgIpc) is 1.67. The van der Waals surface area contributed by atoms with Gasteiger partial charge in [-0.1, -0.05) is 79.2 Å². The van der Waals surface area contributed by atoms with Gasteiger partial charge in [-0.25, -0.2) is 15.0 Å². The number of aliphatic carboxylic acids is 2. The zero-order chi connectivity index (χ0) is 92.9. The number of aromatic nitrogens is 12. The quantitative estimate of drug-likeness (QED) is 0.0242. The number of carbonyl (C=O) groups excluding carboxylic acids is 10. The van der Waals surface area contributed by atoms with Crippen molar-refractivity contribution in [3.8, 4) is 17.6 Å². The number of carboxylic acid groups (broad SMARTS) is 2. The van der Waals surface area contributed by atoms with Crippen LogP contribution >= 0.6 is 0 Å². The number of nitrogens with two attached hydrogens (primary N) is 3. The fourth-order valence-corrected chi connectivity index (χ4v) is 11.9. The Labute approximate surface area is 745 Å². The third kappa shape index (κ3) is 40.7. The van der Waals surface area contributed by atoms with Gasteiger partial charge in [-0.15, -0.1) is 0 Å². The highest BCUT2D eigenvalue weighted by molar-refractivity contribution is 5.89. The first kappa shape index (κ1) is 101. The predicted octanol–water partition coefficient (Wildman–Crippen LogP) is 1.86. The molecule has 9 aromatic rings. The van der Waals surface area contributed by atoms with Crippen LogP contribution in [-0.4, -0.2) is 253 Å². The zero-order valence-electron chi connectivity index (χ0n) is 71.8. The summed E-state index contributed by atoms with van der Waals surface area (Å²) in [6, 6.07) is 22.6. The first-order valence-corrected chi connectivity index (χ1v) is 42.1. The van der Waals surface area contributed by atoms with Crippen LogP contribution in [0.5, 0.6) is 17.6 Å². The van der Waals surface area contributed by atoms with Crippen LogP contribution in [0.15, 0.2) is 91.8 Å². The van der Waals surface area contributed by atoms with Crippen molar-refractivity contribution in [2.24, 2.45) is 5.92 Å². The van der Waals surface area contributed by atoms with Crippen LogP contribution in [0.1, 0.15) is 130 Å². The van der Waals surface area contributed by atoms with Gasteiger partial charge in [0.25, 0.3) is 0 Å². The van der Waals surface area contributed by atoms with E-state index in [9.17, 15) is 57.5 Å². The minimum Gasteiger partial charge on any atom is -0.481 e. The second kappa shape index (κ2) is 57.6. The molecule has 46 nitrogen and oxygen atoms in total. The van der Waals surface area contributed by atoms with E-state index < -0.39 is 30.3 Å². The number of imidazole rings is 3. The number of ether oxygens (including phenoxy) is 9. The summed E-state index contributed by atoms with van der Waals surface area (Å²) in [6.45, 7) is 3.19. The lowest BCUT2D eigenvalue weighted by Crippen LogP contribution is -2.36. The standard InChI is InChI=1S/C57H76N16O15.C27H35N7O8/c58-56-70-51-49(66-35-68-51)54(72-56)87-31-39-14-10-37(11-15-39)28-63-45(77)8-3-6-43(75)61-19-21-83-23-25-85-33-42(74)27-41(53(82)65-30-48(80)81)5-1-2-18-60-47(79)34-86-26-24-84-22-20-62-44(76)7-4-9-46(78)64-29-38-12-16-40(17-13-38)32-88-55-50-52(69-36-67-50)71-57(59)73-55;28-27-33-25-24(31-17-32-25)26(34-27)42-15-19-6-4-18(5-7-19)14-30-22(37)3-1-2-21(36)29-10-11-40-12-13-41-16-20(35)8-9-23(38)39/h10-17,35-36,41H,1-9,18-34H2,(H,60,79)(H,61,75)(H,62,76)(H,63,77)(H,64,78)(H,65,82)(H,80,81)(H3,58,66,68,70,72)(H3,59,67,69,71,73);4-7,17H,1-3,8-16H2,(H,29,36)(H,30,37)(H,38,39)(H3,28,31,32,33,34). The van der Waals surface area contributed by atoms with Gasteiger partial charge in [-0.2, -0.15) is 29.9 Å². The molecule has 0 fully saturated rings. The predicted molar refractivity (Wildman–Crippen MR) is 464 cm³/mol. The molecule has 0 saturated heterocycles. The summed E-state index contributed by atoms with van der Waals surface area (Å²) in [4.78, 5) is 189. The highest BCUT2D eigenvalue weighted by Gasteiger charge is 2.24. The van der Waals surface area contributed by atoms with E-state index in [2.05, 4.69) is 102 Å². The van der Waals surface area contributed by atoms with Crippen LogP contribution < -0.4 is 73.9 Å². The van der Waals surface area contributed by atoms with Gasteiger partial charge in [-0.3, -0.25) is 57.5 Å². The summed E-state index contributed by atoms with van der Waals surface area (Å²) >= 11 is 0. The first-order chi connectivity index (χ1) is 63.0. The first-order valence-electron chi connectivity index (χ1n) is 42.1. The summed E-state index contributed by atoms with van der Waals surface area (Å²) in [5.74, 6) is -4.71. The Morgan fingerprint density at radius 2 is 0.662 bits per heavy atom. The number of nitrogens with one attached hydrogen (secondary N) is 11. The van der Waals surface area contributed by atoms with Crippen molar-refractivity contribution in [1.29, 1.82) is 0 Å². The van der Waals surface area contributed by atoms with Crippen LogP contribution in [0.25, 0.3) is 33.5 Å². The molecule has 46 heteroatoms. The molecule has 700 valence electrons. The van der Waals surface area contributed by atoms with Gasteiger partial charge in [0.2, 0.25) is 82.7 Å². The van der Waals surface area contributed by atoms with E-state index in [0.29, 0.717) is 109 Å². The smallest absolute Gasteiger partial charge is 0.322 e. The number of hydrogen-bond acceptors (Lipinski definition) is 33. The number of ketones is 2. The molecule has 0 saturated carbocycles. The molecular weight excluding hydrogens is 1700 g/mol. The Balaban J connectivity index is 0.000000413. The van der Waals surface area contributed by atoms with Gasteiger partial charge in [0.1, 0.15) is 62.7 Å². The van der Waals surface area contributed by atoms with Crippen LogP contribution in [0.3, 0.4) is 0 Å². The van der Waals surface area contributed by atoms with E-state index in [4.69, 9.17) is 70.0 Å². The number of nitrogens with zero attached hydrogens (tertiary/aromatic N) is 9. The maximum Gasteiger partial charge on any atom is 0.322 e. The number of benzene rings is 3. The van der Waals surface area contributed by atoms with Crippen LogP contribution in [-0.2, 0) is 125 Å². The Bertz CT molecular complexity index is 5100. The van der Waals surface area contributed by atoms with Gasteiger partial charge in [0.05, 0.1) is 84.9 Å². The van der Waals surface area contributed by atoms with Gasteiger partial charge >= 0.3 is 11.9 Å². The number of aromatic amines is 3. The summed E-state index contributed by atoms with van der Waals surface area (Å²) in [6.07, 6.45) is 7.43. The van der Waals surface area contributed by atoms with E-state index in [0.717, 1.165) is 33.4 Å². The number of carboxylic acids is 2. The van der Waals surface area contributed by atoms with Crippen molar-refractivity contribution in [3.63, 3.8) is 0 Å². The van der Waals surface area contributed by atoms with Gasteiger partial charge in [0.15, 0.2) is 28.5 Å². The Morgan fingerprint density at radius 1 is 0.331 bits per heavy atom. The molecule has 8 amide bonds. The highest BCUT2D eigenvalue weighted by atomic mass is 16.5. The maximum atomic E-state index is 12.8. The van der Waals surface area contributed by atoms with Crippen molar-refractivity contribution in [1.82, 2.24) is 102 Å². The molecule has 1 atom stereocenters. The van der Waals surface area contributed by atoms with Crippen LogP contribution in [0, 0.1) is 5.92 Å². The van der Waals surface area contributed by atoms with Gasteiger partial charge in [0, 0.05) is 103 Å². The summed E-state index contributed by atoms with van der Waals surface area (Å²) in [7, 11) is 0. The lowest BCUT2D eigenvalue weighted by molar-refractivity contribution is -0.139. The van der Waals surface area contributed by atoms with E-state index in [-0.39, 0.29) is 254 Å². The van der Waals surface area contributed by atoms with Crippen molar-refractivity contribution in [2.75, 3.05) is 129 Å². The molecule has 3 aromatic carbocycles. The third-order valence-corrected chi connectivity index (χ3v) is 18.7. The van der Waals surface area contributed by atoms with E-state index in [1.807, 2.05) is 72.8 Å². The molecule has 1 unspecified atom stereocenters. The molecule has 0 aliphatic rings. The molecule has 0 spiro atoms. The lowest BCUT2D eigenvalue weighted by atomic mass is 9.95. The second-order valence-electron chi connectivity index (χ2n) is 29.0. The van der Waals surface area contributed by atoms with Crippen LogP contribution in [0.2, 0.25) is 0 Å². The molecule has 0 radical (unpaired) electrons. The molecule has 0 aliphatic carbocycles. The number of rotatable bonds is 64. The summed E-state index contributed by atoms with van der Waals surface area (Å²) < 4.78 is 49.5. The molecule has 9 rings (SSSR count). The highest BCUT2D eigenvalue weighted by Crippen LogP contribution is 2.25. The number of H-pyrrole nitrogens is 3. The van der Waals surface area contributed by atoms with E-state index in [1.54, 1.807) is 0 Å².